The van der Waals surface area contributed by atoms with E-state index in [0.29, 0.717) is 5.41 Å². The van der Waals surface area contributed by atoms with Gasteiger partial charge in [-0.25, -0.2) is 0 Å². The average molecular weight is 216 g/mol. The lowest BCUT2D eigenvalue weighted by Gasteiger charge is -2.35. The van der Waals surface area contributed by atoms with Crippen LogP contribution in [-0.4, -0.2) is 49.3 Å². The Hall–Kier alpha value is -0.120. The molecule has 0 aliphatic heterocycles. The maximum absolute atomic E-state index is 9.09. The quantitative estimate of drug-likeness (QED) is 0.642. The number of hydrogen-bond donors (Lipinski definition) is 2. The molecular formula is C12H28N2O. The fraction of sp³-hybridized carbons (Fsp3) is 1.00. The largest absolute Gasteiger partial charge is 0.395 e. The number of aliphatic hydroxyl groups excluding tert-OH is 1. The molecule has 0 saturated carbocycles. The highest BCUT2D eigenvalue weighted by atomic mass is 16.3. The monoisotopic (exact) mass is 216 g/mol. The van der Waals surface area contributed by atoms with Crippen LogP contribution in [0.3, 0.4) is 0 Å². The molecule has 3 nitrogen and oxygen atoms in total. The fourth-order valence-electron chi connectivity index (χ4n) is 1.62. The van der Waals surface area contributed by atoms with Crippen LogP contribution in [-0.2, 0) is 0 Å². The lowest BCUT2D eigenvalue weighted by molar-refractivity contribution is 0.107. The van der Waals surface area contributed by atoms with E-state index in [1.165, 1.54) is 0 Å². The Morgan fingerprint density at radius 3 is 2.40 bits per heavy atom. The van der Waals surface area contributed by atoms with E-state index in [-0.39, 0.29) is 12.6 Å². The van der Waals surface area contributed by atoms with Crippen LogP contribution < -0.4 is 5.32 Å². The van der Waals surface area contributed by atoms with Gasteiger partial charge in [0.05, 0.1) is 6.61 Å². The van der Waals surface area contributed by atoms with Crippen LogP contribution in [0.1, 0.15) is 34.1 Å². The Morgan fingerprint density at radius 2 is 2.00 bits per heavy atom. The average Bonchev–Trinajstić information content (AvgIpc) is 2.25. The van der Waals surface area contributed by atoms with Crippen molar-refractivity contribution >= 4 is 0 Å². The van der Waals surface area contributed by atoms with Gasteiger partial charge in [0, 0.05) is 19.1 Å². The van der Waals surface area contributed by atoms with E-state index < -0.39 is 0 Å². The molecule has 0 amide bonds. The molecule has 0 aromatic heterocycles. The van der Waals surface area contributed by atoms with Gasteiger partial charge < -0.3 is 15.3 Å². The standard InChI is InChI=1S/C12H28N2O/c1-6-12(4,9-13-7-2)10-14(5)11(3)8-15/h11,13,15H,6-10H2,1-5H3. The van der Waals surface area contributed by atoms with Crippen LogP contribution >= 0.6 is 0 Å². The van der Waals surface area contributed by atoms with E-state index in [0.717, 1.165) is 26.1 Å². The van der Waals surface area contributed by atoms with E-state index >= 15 is 0 Å². The highest BCUT2D eigenvalue weighted by molar-refractivity contribution is 4.80. The maximum Gasteiger partial charge on any atom is 0.0584 e. The highest BCUT2D eigenvalue weighted by Gasteiger charge is 2.24. The van der Waals surface area contributed by atoms with Crippen molar-refractivity contribution in [1.82, 2.24) is 10.2 Å². The number of likely N-dealkylation sites (N-methyl/N-ethyl adjacent to an activating group) is 1. The van der Waals surface area contributed by atoms with Crippen molar-refractivity contribution in [3.8, 4) is 0 Å². The number of aliphatic hydroxyl groups is 1. The number of rotatable bonds is 8. The molecule has 0 aromatic rings. The summed E-state index contributed by atoms with van der Waals surface area (Å²) in [6, 6.07) is 0.248. The Labute approximate surface area is 94.9 Å². The van der Waals surface area contributed by atoms with Crippen molar-refractivity contribution in [2.45, 2.75) is 40.2 Å². The summed E-state index contributed by atoms with van der Waals surface area (Å²) in [4.78, 5) is 2.24. The zero-order valence-electron chi connectivity index (χ0n) is 11.0. The molecule has 0 heterocycles. The van der Waals surface area contributed by atoms with E-state index in [1.807, 2.05) is 0 Å². The summed E-state index contributed by atoms with van der Waals surface area (Å²) in [5.41, 5.74) is 0.300. The summed E-state index contributed by atoms with van der Waals surface area (Å²) in [6.45, 7) is 12.1. The molecule has 2 N–H and O–H groups in total. The van der Waals surface area contributed by atoms with Gasteiger partial charge in [-0.2, -0.15) is 0 Å². The summed E-state index contributed by atoms with van der Waals surface area (Å²) in [6.07, 6.45) is 1.16. The van der Waals surface area contributed by atoms with Gasteiger partial charge in [-0.3, -0.25) is 0 Å². The smallest absolute Gasteiger partial charge is 0.0584 e. The van der Waals surface area contributed by atoms with Gasteiger partial charge in [-0.15, -0.1) is 0 Å². The molecule has 0 aliphatic carbocycles. The van der Waals surface area contributed by atoms with Crippen molar-refractivity contribution < 1.29 is 5.11 Å². The third-order valence-corrected chi connectivity index (χ3v) is 3.30. The van der Waals surface area contributed by atoms with Crippen molar-refractivity contribution in [3.05, 3.63) is 0 Å². The van der Waals surface area contributed by atoms with Gasteiger partial charge in [-0.1, -0.05) is 20.8 Å². The summed E-state index contributed by atoms with van der Waals surface area (Å²) >= 11 is 0. The first-order valence-corrected chi connectivity index (χ1v) is 6.01. The third-order valence-electron chi connectivity index (χ3n) is 3.30. The van der Waals surface area contributed by atoms with Gasteiger partial charge in [0.1, 0.15) is 0 Å². The summed E-state index contributed by atoms with van der Waals surface area (Å²) in [5.74, 6) is 0. The number of hydrogen-bond acceptors (Lipinski definition) is 3. The first-order chi connectivity index (χ1) is 6.99. The zero-order chi connectivity index (χ0) is 11.9. The topological polar surface area (TPSA) is 35.5 Å². The van der Waals surface area contributed by atoms with Gasteiger partial charge in [0.25, 0.3) is 0 Å². The first kappa shape index (κ1) is 14.9. The molecule has 0 aliphatic rings. The first-order valence-electron chi connectivity index (χ1n) is 6.01. The summed E-state index contributed by atoms with van der Waals surface area (Å²) in [7, 11) is 2.08. The van der Waals surface area contributed by atoms with Crippen molar-refractivity contribution in [3.63, 3.8) is 0 Å². The molecular weight excluding hydrogens is 188 g/mol. The lowest BCUT2D eigenvalue weighted by atomic mass is 9.86. The molecule has 2 unspecified atom stereocenters. The zero-order valence-corrected chi connectivity index (χ0v) is 11.0. The molecule has 0 bridgehead atoms. The summed E-state index contributed by atoms with van der Waals surface area (Å²) in [5, 5.41) is 12.5. The highest BCUT2D eigenvalue weighted by Crippen LogP contribution is 2.21. The molecule has 0 fully saturated rings. The molecule has 15 heavy (non-hydrogen) atoms. The second-order valence-corrected chi connectivity index (χ2v) is 4.89. The third kappa shape index (κ3) is 5.50. The summed E-state index contributed by atoms with van der Waals surface area (Å²) < 4.78 is 0. The van der Waals surface area contributed by atoms with Gasteiger partial charge in [0.15, 0.2) is 0 Å². The number of nitrogens with one attached hydrogen (secondary N) is 1. The minimum Gasteiger partial charge on any atom is -0.395 e. The van der Waals surface area contributed by atoms with E-state index in [1.54, 1.807) is 0 Å². The molecule has 0 saturated heterocycles. The Balaban J connectivity index is 4.16. The van der Waals surface area contributed by atoms with E-state index in [9.17, 15) is 0 Å². The normalized spacial score (nSPS) is 17.8. The van der Waals surface area contributed by atoms with Crippen LogP contribution in [0.2, 0.25) is 0 Å². The predicted molar refractivity (Wildman–Crippen MR) is 66.1 cm³/mol. The maximum atomic E-state index is 9.09. The molecule has 0 spiro atoms. The van der Waals surface area contributed by atoms with E-state index in [2.05, 4.69) is 45.0 Å². The second kappa shape index (κ2) is 7.20. The van der Waals surface area contributed by atoms with Crippen LogP contribution in [0.25, 0.3) is 0 Å². The number of nitrogens with zero attached hydrogens (tertiary/aromatic N) is 1. The molecule has 92 valence electrons. The van der Waals surface area contributed by atoms with Gasteiger partial charge in [0.2, 0.25) is 0 Å². The van der Waals surface area contributed by atoms with Crippen molar-refractivity contribution in [2.24, 2.45) is 5.41 Å². The Kier molecular flexibility index (Phi) is 7.14. The molecule has 0 radical (unpaired) electrons. The van der Waals surface area contributed by atoms with Crippen LogP contribution in [0.15, 0.2) is 0 Å². The van der Waals surface area contributed by atoms with Crippen molar-refractivity contribution in [2.75, 3.05) is 33.3 Å². The second-order valence-electron chi connectivity index (χ2n) is 4.89. The van der Waals surface area contributed by atoms with Crippen LogP contribution in [0.5, 0.6) is 0 Å². The molecule has 2 atom stereocenters. The Bertz CT molecular complexity index is 164. The van der Waals surface area contributed by atoms with E-state index in [4.69, 9.17) is 5.11 Å². The predicted octanol–water partition coefficient (Wildman–Crippen LogP) is 1.32. The SMILES string of the molecule is CCNCC(C)(CC)CN(C)C(C)CO. The fourth-order valence-corrected chi connectivity index (χ4v) is 1.62. The van der Waals surface area contributed by atoms with Crippen LogP contribution in [0.4, 0.5) is 0 Å². The molecule has 0 rings (SSSR count). The van der Waals surface area contributed by atoms with Crippen molar-refractivity contribution in [1.29, 1.82) is 0 Å². The minimum atomic E-state index is 0.234. The lowest BCUT2D eigenvalue weighted by Crippen LogP contribution is -2.44. The minimum absolute atomic E-state index is 0.234. The van der Waals surface area contributed by atoms with Gasteiger partial charge >= 0.3 is 0 Å². The Morgan fingerprint density at radius 1 is 1.40 bits per heavy atom. The molecule has 0 aromatic carbocycles. The van der Waals surface area contributed by atoms with Gasteiger partial charge in [-0.05, 0) is 32.4 Å². The van der Waals surface area contributed by atoms with Crippen LogP contribution in [0, 0.1) is 5.41 Å². The molecule has 3 heteroatoms.